The number of hydrogen-bond donors (Lipinski definition) is 1. The van der Waals surface area contributed by atoms with Crippen molar-refractivity contribution < 1.29 is 27.4 Å². The topological polar surface area (TPSA) is 77.7 Å². The summed E-state index contributed by atoms with van der Waals surface area (Å²) in [6.45, 7) is 2.30. The van der Waals surface area contributed by atoms with Gasteiger partial charge in [0, 0.05) is 34.3 Å². The van der Waals surface area contributed by atoms with Crippen molar-refractivity contribution in [2.45, 2.75) is 25.7 Å². The third kappa shape index (κ3) is 6.40. The highest BCUT2D eigenvalue weighted by Gasteiger charge is 2.35. The maximum atomic E-state index is 13.6. The molecule has 6 nitrogen and oxygen atoms in total. The van der Waals surface area contributed by atoms with E-state index in [-0.39, 0.29) is 22.7 Å². The number of halogens is 3. The van der Waals surface area contributed by atoms with Crippen molar-refractivity contribution in [2.75, 3.05) is 26.9 Å². The van der Waals surface area contributed by atoms with Crippen LogP contribution in [0.15, 0.2) is 66.2 Å². The average Bonchev–Trinajstić information content (AvgIpc) is 3.35. The van der Waals surface area contributed by atoms with Gasteiger partial charge in [0.2, 0.25) is 0 Å². The van der Waals surface area contributed by atoms with Crippen LogP contribution in [-0.4, -0.2) is 37.1 Å². The number of nitrogens with two attached hydrogens (primary N) is 1. The Morgan fingerprint density at radius 1 is 1.10 bits per heavy atom. The number of ether oxygens (including phenoxy) is 2. The van der Waals surface area contributed by atoms with E-state index in [1.165, 1.54) is 43.9 Å². The van der Waals surface area contributed by atoms with E-state index in [4.69, 9.17) is 15.2 Å². The minimum Gasteiger partial charge on any atom is -0.485 e. The lowest BCUT2D eigenvalue weighted by atomic mass is 10.0. The molecule has 0 spiro atoms. The van der Waals surface area contributed by atoms with E-state index in [1.807, 2.05) is 20.2 Å². The molecule has 4 rings (SSSR count). The zero-order valence-electron chi connectivity index (χ0n) is 21.9. The number of rotatable bonds is 8. The van der Waals surface area contributed by atoms with Crippen LogP contribution in [0.2, 0.25) is 0 Å². The molecule has 0 amide bonds. The summed E-state index contributed by atoms with van der Waals surface area (Å²) in [5.41, 5.74) is 8.67. The molecular formula is C29H28F3N3O3S. The summed E-state index contributed by atoms with van der Waals surface area (Å²) in [6.07, 6.45) is -3.89. The van der Waals surface area contributed by atoms with Crippen LogP contribution in [0.5, 0.6) is 5.75 Å². The number of methoxy groups -OCH3 is 1. The molecule has 2 heterocycles. The Morgan fingerprint density at radius 2 is 1.85 bits per heavy atom. The first-order valence-corrected chi connectivity index (χ1v) is 12.9. The normalized spacial score (nSPS) is 12.4. The van der Waals surface area contributed by atoms with Crippen molar-refractivity contribution in [1.29, 1.82) is 0 Å². The number of nitrogens with zero attached hydrogens (tertiary/aromatic N) is 2. The lowest BCUT2D eigenvalue weighted by Gasteiger charge is -2.21. The second-order valence-corrected chi connectivity index (χ2v) is 10.2. The number of benzene rings is 2. The number of esters is 1. The van der Waals surface area contributed by atoms with E-state index >= 15 is 0 Å². The van der Waals surface area contributed by atoms with Gasteiger partial charge in [-0.2, -0.15) is 13.2 Å². The largest absolute Gasteiger partial charge is 0.485 e. The minimum atomic E-state index is -4.56. The van der Waals surface area contributed by atoms with Gasteiger partial charge in [0.15, 0.2) is 0 Å². The van der Waals surface area contributed by atoms with Gasteiger partial charge in [-0.3, -0.25) is 0 Å². The fourth-order valence-electron chi connectivity index (χ4n) is 4.25. The van der Waals surface area contributed by atoms with Gasteiger partial charge in [0.1, 0.15) is 23.2 Å². The predicted molar refractivity (Wildman–Crippen MR) is 147 cm³/mol. The third-order valence-corrected chi connectivity index (χ3v) is 7.09. The summed E-state index contributed by atoms with van der Waals surface area (Å²) in [5, 5.41) is 2.09. The van der Waals surface area contributed by atoms with Gasteiger partial charge in [-0.1, -0.05) is 24.3 Å². The average molecular weight is 556 g/mol. The van der Waals surface area contributed by atoms with E-state index in [1.54, 1.807) is 29.7 Å². The zero-order valence-corrected chi connectivity index (χ0v) is 22.7. The zero-order chi connectivity index (χ0) is 28.3. The standard InChI is InChI=1S/C29H28F3N3O3S/c1-17(21-7-5-6-8-24(21)29(30,31)32)38-25-13-19(9-10-22(25)28(36)37-4)23-12-20(14-34-27(23)33)26-11-18(16-39-26)15-35(2)3/h5-14,16-17H,15H2,1-4H3,(H2,33,34)/t17-/m1/s1. The molecule has 10 heteroatoms. The first-order valence-electron chi connectivity index (χ1n) is 12.0. The summed E-state index contributed by atoms with van der Waals surface area (Å²) in [7, 11) is 5.22. The number of pyridine rings is 1. The highest BCUT2D eigenvalue weighted by atomic mass is 32.1. The van der Waals surface area contributed by atoms with Gasteiger partial charge in [0.25, 0.3) is 0 Å². The molecule has 0 aliphatic rings. The van der Waals surface area contributed by atoms with Crippen LogP contribution in [0, 0.1) is 0 Å². The molecule has 0 unspecified atom stereocenters. The van der Waals surface area contributed by atoms with Gasteiger partial charge in [-0.05, 0) is 67.9 Å². The molecule has 2 aromatic carbocycles. The first-order chi connectivity index (χ1) is 18.5. The number of aromatic nitrogens is 1. The molecule has 2 N–H and O–H groups in total. The predicted octanol–water partition coefficient (Wildman–Crippen LogP) is 7.07. The lowest BCUT2D eigenvalue weighted by molar-refractivity contribution is -0.139. The van der Waals surface area contributed by atoms with Gasteiger partial charge in [-0.15, -0.1) is 11.3 Å². The van der Waals surface area contributed by atoms with Crippen LogP contribution in [0.1, 0.15) is 40.1 Å². The molecule has 0 saturated carbocycles. The molecule has 0 aliphatic carbocycles. The Bertz CT molecular complexity index is 1480. The van der Waals surface area contributed by atoms with Crippen molar-refractivity contribution in [1.82, 2.24) is 9.88 Å². The fourth-order valence-corrected chi connectivity index (χ4v) is 5.13. The molecule has 204 valence electrons. The molecule has 0 aliphatic heterocycles. The van der Waals surface area contributed by atoms with E-state index in [0.717, 1.165) is 23.1 Å². The van der Waals surface area contributed by atoms with Gasteiger partial charge in [0.05, 0.1) is 12.7 Å². The van der Waals surface area contributed by atoms with Crippen molar-refractivity contribution in [2.24, 2.45) is 0 Å². The molecular weight excluding hydrogens is 527 g/mol. The monoisotopic (exact) mass is 555 g/mol. The first kappa shape index (κ1) is 28.1. The van der Waals surface area contributed by atoms with Crippen molar-refractivity contribution >= 4 is 23.1 Å². The Hall–Kier alpha value is -3.89. The number of carbonyl (C=O) groups is 1. The number of nitrogen functional groups attached to an aromatic ring is 1. The lowest BCUT2D eigenvalue weighted by Crippen LogP contribution is -2.15. The minimum absolute atomic E-state index is 0.0550. The van der Waals surface area contributed by atoms with E-state index in [9.17, 15) is 18.0 Å². The molecule has 0 bridgehead atoms. The number of anilines is 1. The number of alkyl halides is 3. The highest BCUT2D eigenvalue weighted by Crippen LogP contribution is 2.39. The molecule has 0 saturated heterocycles. The molecule has 0 fully saturated rings. The van der Waals surface area contributed by atoms with E-state index < -0.39 is 23.8 Å². The van der Waals surface area contributed by atoms with E-state index in [2.05, 4.69) is 21.3 Å². The molecule has 0 radical (unpaired) electrons. The van der Waals surface area contributed by atoms with Crippen LogP contribution in [0.3, 0.4) is 0 Å². The van der Waals surface area contributed by atoms with Crippen LogP contribution >= 0.6 is 11.3 Å². The van der Waals surface area contributed by atoms with Gasteiger partial charge < -0.3 is 20.1 Å². The molecule has 39 heavy (non-hydrogen) atoms. The maximum absolute atomic E-state index is 13.6. The quantitative estimate of drug-likeness (QED) is 0.235. The van der Waals surface area contributed by atoms with Crippen LogP contribution < -0.4 is 10.5 Å². The third-order valence-electron chi connectivity index (χ3n) is 6.06. The molecule has 4 aromatic rings. The summed E-state index contributed by atoms with van der Waals surface area (Å²) < 4.78 is 51.7. The van der Waals surface area contributed by atoms with Crippen molar-refractivity contribution in [3.05, 3.63) is 88.4 Å². The smallest absolute Gasteiger partial charge is 0.416 e. The van der Waals surface area contributed by atoms with Gasteiger partial charge >= 0.3 is 12.1 Å². The number of thiophene rings is 1. The molecule has 2 aromatic heterocycles. The fraction of sp³-hybridized carbons (Fsp3) is 0.241. The van der Waals surface area contributed by atoms with Crippen LogP contribution in [0.4, 0.5) is 19.0 Å². The number of hydrogen-bond acceptors (Lipinski definition) is 7. The second kappa shape index (κ2) is 11.5. The molecule has 1 atom stereocenters. The Balaban J connectivity index is 1.74. The van der Waals surface area contributed by atoms with Crippen molar-refractivity contribution in [3.63, 3.8) is 0 Å². The van der Waals surface area contributed by atoms with E-state index in [0.29, 0.717) is 11.1 Å². The summed E-state index contributed by atoms with van der Waals surface area (Å²) in [5.74, 6) is -0.353. The van der Waals surface area contributed by atoms with Crippen LogP contribution in [0.25, 0.3) is 21.6 Å². The summed E-state index contributed by atoms with van der Waals surface area (Å²) in [4.78, 5) is 20.0. The Morgan fingerprint density at radius 3 is 2.54 bits per heavy atom. The number of carbonyl (C=O) groups excluding carboxylic acids is 1. The van der Waals surface area contributed by atoms with Crippen LogP contribution in [-0.2, 0) is 17.5 Å². The summed E-state index contributed by atoms with van der Waals surface area (Å²) in [6, 6.07) is 13.9. The van der Waals surface area contributed by atoms with Gasteiger partial charge in [-0.25, -0.2) is 9.78 Å². The second-order valence-electron chi connectivity index (χ2n) is 9.26. The Labute approximate surface area is 228 Å². The Kier molecular flexibility index (Phi) is 8.27. The highest BCUT2D eigenvalue weighted by molar-refractivity contribution is 7.13. The SMILES string of the molecule is COC(=O)c1ccc(-c2cc(-c3cc(CN(C)C)cs3)cnc2N)cc1O[C@H](C)c1ccccc1C(F)(F)F. The maximum Gasteiger partial charge on any atom is 0.416 e. The van der Waals surface area contributed by atoms with Crippen molar-refractivity contribution in [3.8, 4) is 27.3 Å². The summed E-state index contributed by atoms with van der Waals surface area (Å²) >= 11 is 1.59.